The Bertz CT molecular complexity index is 562. The summed E-state index contributed by atoms with van der Waals surface area (Å²) in [5.74, 6) is 0. The molecule has 142 valence electrons. The van der Waals surface area contributed by atoms with E-state index in [0.717, 1.165) is 25.7 Å². The molecule has 1 aliphatic carbocycles. The number of hydrogen-bond acceptors (Lipinski definition) is 8. The number of aliphatic hydroxyl groups is 5. The fourth-order valence-electron chi connectivity index (χ4n) is 3.91. The number of piperidine rings is 1. The summed E-state index contributed by atoms with van der Waals surface area (Å²) in [6.07, 6.45) is 2.43. The predicted molar refractivity (Wildman–Crippen MR) is 87.5 cm³/mol. The van der Waals surface area contributed by atoms with Gasteiger partial charge >= 0.3 is 0 Å². The molecule has 1 saturated heterocycles. The fraction of sp³-hybridized carbons (Fsp3) is 0.875. The molecule has 1 aromatic rings. The van der Waals surface area contributed by atoms with Crippen molar-refractivity contribution in [3.05, 3.63) is 11.9 Å². The summed E-state index contributed by atoms with van der Waals surface area (Å²) in [5.41, 5.74) is -0.234. The molecular formula is C16H28N4O5. The fourth-order valence-corrected chi connectivity index (χ4v) is 3.91. The third kappa shape index (κ3) is 3.86. The van der Waals surface area contributed by atoms with Gasteiger partial charge in [0.25, 0.3) is 0 Å². The topological polar surface area (TPSA) is 135 Å². The molecule has 9 nitrogen and oxygen atoms in total. The Balaban J connectivity index is 1.53. The molecule has 1 saturated carbocycles. The summed E-state index contributed by atoms with van der Waals surface area (Å²) >= 11 is 0. The van der Waals surface area contributed by atoms with Gasteiger partial charge in [-0.3, -0.25) is 9.58 Å². The van der Waals surface area contributed by atoms with Gasteiger partial charge in [0.1, 0.15) is 23.5 Å². The van der Waals surface area contributed by atoms with Crippen molar-refractivity contribution in [3.63, 3.8) is 0 Å². The molecule has 0 spiro atoms. The first kappa shape index (κ1) is 18.7. The molecule has 5 N–H and O–H groups in total. The summed E-state index contributed by atoms with van der Waals surface area (Å²) in [4.78, 5) is 1.78. The van der Waals surface area contributed by atoms with Crippen molar-refractivity contribution >= 4 is 0 Å². The van der Waals surface area contributed by atoms with Crippen LogP contribution in [0.25, 0.3) is 0 Å². The Kier molecular flexibility index (Phi) is 5.71. The van der Waals surface area contributed by atoms with Crippen molar-refractivity contribution < 1.29 is 25.5 Å². The summed E-state index contributed by atoms with van der Waals surface area (Å²) < 4.78 is 1.69. The highest BCUT2D eigenvalue weighted by atomic mass is 16.4. The van der Waals surface area contributed by atoms with E-state index in [0.29, 0.717) is 25.2 Å². The molecule has 0 aromatic carbocycles. The number of β-amino-alcohol motifs (C(OH)–C–C–N with tert-alkyl or cyclic N) is 1. The van der Waals surface area contributed by atoms with Crippen LogP contribution in [0, 0.1) is 0 Å². The molecule has 0 bridgehead atoms. The molecule has 25 heavy (non-hydrogen) atoms. The summed E-state index contributed by atoms with van der Waals surface area (Å²) in [7, 11) is 0. The van der Waals surface area contributed by atoms with Crippen LogP contribution in [0.15, 0.2) is 6.20 Å². The smallest absolute Gasteiger partial charge is 0.114 e. The van der Waals surface area contributed by atoms with Crippen LogP contribution < -0.4 is 0 Å². The number of aryl methyl sites for hydroxylation is 1. The van der Waals surface area contributed by atoms with Gasteiger partial charge in [-0.2, -0.15) is 0 Å². The Morgan fingerprint density at radius 1 is 1.12 bits per heavy atom. The molecule has 2 heterocycles. The molecule has 0 radical (unpaired) electrons. The van der Waals surface area contributed by atoms with Crippen LogP contribution in [0.2, 0.25) is 0 Å². The summed E-state index contributed by atoms with van der Waals surface area (Å²) in [6.45, 7) is 1.02. The van der Waals surface area contributed by atoms with Crippen LogP contribution in [0.1, 0.15) is 37.8 Å². The van der Waals surface area contributed by atoms with Gasteiger partial charge in [0, 0.05) is 19.6 Å². The van der Waals surface area contributed by atoms with Gasteiger partial charge in [-0.15, -0.1) is 5.10 Å². The second-order valence-corrected chi connectivity index (χ2v) is 7.25. The van der Waals surface area contributed by atoms with Crippen molar-refractivity contribution in [1.29, 1.82) is 0 Å². The van der Waals surface area contributed by atoms with Crippen LogP contribution in [0.5, 0.6) is 0 Å². The highest BCUT2D eigenvalue weighted by molar-refractivity contribution is 5.08. The van der Waals surface area contributed by atoms with E-state index in [4.69, 9.17) is 0 Å². The number of rotatable bonds is 6. The first-order valence-electron chi connectivity index (χ1n) is 8.97. The SMILES string of the molecule is OC[C@@H]1[C@@H](O)[C@H](O)[C@@H](O)CN1CCCn1cc(C2(O)CCCC2)nn1. The van der Waals surface area contributed by atoms with Gasteiger partial charge in [-0.1, -0.05) is 18.1 Å². The molecule has 2 fully saturated rings. The highest BCUT2D eigenvalue weighted by Gasteiger charge is 2.40. The quantitative estimate of drug-likeness (QED) is 0.402. The predicted octanol–water partition coefficient (Wildman–Crippen LogP) is -1.81. The van der Waals surface area contributed by atoms with Crippen molar-refractivity contribution in [2.75, 3.05) is 19.7 Å². The van der Waals surface area contributed by atoms with E-state index >= 15 is 0 Å². The number of aromatic nitrogens is 3. The molecule has 4 atom stereocenters. The lowest BCUT2D eigenvalue weighted by Crippen LogP contribution is -2.62. The van der Waals surface area contributed by atoms with Gasteiger partial charge < -0.3 is 25.5 Å². The van der Waals surface area contributed by atoms with Crippen molar-refractivity contribution in [2.24, 2.45) is 0 Å². The minimum Gasteiger partial charge on any atom is -0.395 e. The molecule has 3 rings (SSSR count). The largest absolute Gasteiger partial charge is 0.395 e. The van der Waals surface area contributed by atoms with Gasteiger partial charge in [-0.25, -0.2) is 0 Å². The first-order valence-corrected chi connectivity index (χ1v) is 8.97. The maximum absolute atomic E-state index is 10.5. The molecule has 9 heteroatoms. The second-order valence-electron chi connectivity index (χ2n) is 7.25. The molecule has 1 aliphatic heterocycles. The van der Waals surface area contributed by atoms with Gasteiger partial charge in [0.05, 0.1) is 24.9 Å². The molecule has 2 aliphatic rings. The lowest BCUT2D eigenvalue weighted by atomic mass is 9.94. The lowest BCUT2D eigenvalue weighted by Gasteiger charge is -2.43. The van der Waals surface area contributed by atoms with Crippen molar-refractivity contribution in [1.82, 2.24) is 19.9 Å². The minimum atomic E-state index is -1.24. The monoisotopic (exact) mass is 356 g/mol. The third-order valence-electron chi connectivity index (χ3n) is 5.49. The zero-order valence-corrected chi connectivity index (χ0v) is 14.3. The van der Waals surface area contributed by atoms with E-state index in [-0.39, 0.29) is 13.2 Å². The van der Waals surface area contributed by atoms with E-state index in [1.165, 1.54) is 0 Å². The number of likely N-dealkylation sites (tertiary alicyclic amines) is 1. The lowest BCUT2D eigenvalue weighted by molar-refractivity contribution is -0.145. The Morgan fingerprint density at radius 3 is 2.52 bits per heavy atom. The molecule has 1 aromatic heterocycles. The first-order chi connectivity index (χ1) is 11.9. The normalized spacial score (nSPS) is 33.0. The average Bonchev–Trinajstić information content (AvgIpc) is 3.23. The van der Waals surface area contributed by atoms with Gasteiger partial charge in [0.15, 0.2) is 0 Å². The van der Waals surface area contributed by atoms with E-state index in [2.05, 4.69) is 10.3 Å². The van der Waals surface area contributed by atoms with E-state index < -0.39 is 30.0 Å². The summed E-state index contributed by atoms with van der Waals surface area (Å²) in [6, 6.07) is -0.594. The maximum Gasteiger partial charge on any atom is 0.114 e. The average molecular weight is 356 g/mol. The molecule has 0 amide bonds. The number of nitrogens with zero attached hydrogens (tertiary/aromatic N) is 4. The Morgan fingerprint density at radius 2 is 1.84 bits per heavy atom. The van der Waals surface area contributed by atoms with Crippen LogP contribution >= 0.6 is 0 Å². The summed E-state index contributed by atoms with van der Waals surface area (Å²) in [5, 5.41) is 57.7. The number of aliphatic hydroxyl groups excluding tert-OH is 4. The van der Waals surface area contributed by atoms with Crippen molar-refractivity contribution in [2.45, 2.75) is 68.6 Å². The zero-order valence-electron chi connectivity index (χ0n) is 14.3. The van der Waals surface area contributed by atoms with Crippen molar-refractivity contribution in [3.8, 4) is 0 Å². The van der Waals surface area contributed by atoms with E-state index in [1.54, 1.807) is 15.8 Å². The number of hydrogen-bond donors (Lipinski definition) is 5. The Hall–Kier alpha value is -1.10. The van der Waals surface area contributed by atoms with Crippen LogP contribution in [0.4, 0.5) is 0 Å². The zero-order chi connectivity index (χ0) is 18.0. The minimum absolute atomic E-state index is 0.200. The van der Waals surface area contributed by atoms with E-state index in [1.807, 2.05) is 0 Å². The highest BCUT2D eigenvalue weighted by Crippen LogP contribution is 2.37. The maximum atomic E-state index is 10.5. The molecular weight excluding hydrogens is 328 g/mol. The second kappa shape index (κ2) is 7.65. The van der Waals surface area contributed by atoms with E-state index in [9.17, 15) is 25.5 Å². The standard InChI is InChI=1S/C16H28N4O5/c21-10-11-14(23)15(24)12(22)8-19(11)6-3-7-20-9-13(17-18-20)16(25)4-1-2-5-16/h9,11-12,14-15,21-25H,1-8,10H2/t11-,12+,14-,15-/m1/s1. The molecule has 0 unspecified atom stereocenters. The van der Waals surface area contributed by atoms with Crippen LogP contribution in [-0.4, -0.2) is 89.5 Å². The third-order valence-corrected chi connectivity index (χ3v) is 5.49. The van der Waals surface area contributed by atoms with Gasteiger partial charge in [-0.05, 0) is 19.3 Å². The van der Waals surface area contributed by atoms with Crippen LogP contribution in [0.3, 0.4) is 0 Å². The Labute approximate surface area is 146 Å². The van der Waals surface area contributed by atoms with Crippen LogP contribution in [-0.2, 0) is 12.1 Å². The van der Waals surface area contributed by atoms with Gasteiger partial charge in [0.2, 0.25) is 0 Å².